The number of rotatable bonds is 5. The summed E-state index contributed by atoms with van der Waals surface area (Å²) in [5, 5.41) is 3.11. The smallest absolute Gasteiger partial charge is 0.159 e. The lowest BCUT2D eigenvalue weighted by atomic mass is 10.1. The minimum atomic E-state index is 0.303. The average Bonchev–Trinajstić information content (AvgIpc) is 2.46. The summed E-state index contributed by atoms with van der Waals surface area (Å²) >= 11 is 0. The molecule has 2 aromatic rings. The summed E-state index contributed by atoms with van der Waals surface area (Å²) in [4.78, 5) is 8.65. The normalized spacial score (nSPS) is 12.2. The van der Waals surface area contributed by atoms with Crippen LogP contribution in [0.2, 0.25) is 0 Å². The van der Waals surface area contributed by atoms with Crippen molar-refractivity contribution in [1.29, 1.82) is 0 Å². The van der Waals surface area contributed by atoms with Crippen LogP contribution in [0, 0.1) is 6.92 Å². The van der Waals surface area contributed by atoms with Gasteiger partial charge in [0.2, 0.25) is 0 Å². The third kappa shape index (κ3) is 3.76. The maximum Gasteiger partial charge on any atom is 0.159 e. The van der Waals surface area contributed by atoms with Gasteiger partial charge < -0.3 is 10.1 Å². The van der Waals surface area contributed by atoms with E-state index in [0.717, 1.165) is 5.56 Å². The molecule has 1 N–H and O–H groups in total. The maximum absolute atomic E-state index is 5.58. The van der Waals surface area contributed by atoms with Crippen molar-refractivity contribution >= 4 is 0 Å². The van der Waals surface area contributed by atoms with E-state index in [2.05, 4.69) is 41.3 Å². The highest BCUT2D eigenvalue weighted by Crippen LogP contribution is 2.17. The van der Waals surface area contributed by atoms with Gasteiger partial charge in [0.25, 0.3) is 0 Å². The van der Waals surface area contributed by atoms with Gasteiger partial charge in [-0.2, -0.15) is 0 Å². The van der Waals surface area contributed by atoms with E-state index in [-0.39, 0.29) is 0 Å². The molecule has 1 aromatic carbocycles. The van der Waals surface area contributed by atoms with Crippen molar-refractivity contribution in [1.82, 2.24) is 15.3 Å². The Morgan fingerprint density at radius 1 is 1.16 bits per heavy atom. The number of nitrogens with zero attached hydrogens (tertiary/aromatic N) is 2. The van der Waals surface area contributed by atoms with Crippen molar-refractivity contribution in [3.05, 3.63) is 42.2 Å². The van der Waals surface area contributed by atoms with Crippen LogP contribution in [0.5, 0.6) is 5.75 Å². The minimum absolute atomic E-state index is 0.303. The summed E-state index contributed by atoms with van der Waals surface area (Å²) in [6.45, 7) is 4.72. The zero-order chi connectivity index (χ0) is 13.7. The van der Waals surface area contributed by atoms with Crippen LogP contribution in [0.25, 0.3) is 11.4 Å². The molecule has 19 heavy (non-hydrogen) atoms. The molecule has 0 bridgehead atoms. The van der Waals surface area contributed by atoms with Gasteiger partial charge in [0, 0.05) is 11.6 Å². The SMILES string of the molecule is CNC(C)COc1cnc(-c2ccc(C)cc2)nc1. The van der Waals surface area contributed by atoms with E-state index in [1.54, 1.807) is 12.4 Å². The summed E-state index contributed by atoms with van der Waals surface area (Å²) in [6, 6.07) is 8.45. The lowest BCUT2D eigenvalue weighted by molar-refractivity contribution is 0.278. The van der Waals surface area contributed by atoms with Crippen LogP contribution in [0.15, 0.2) is 36.7 Å². The summed E-state index contributed by atoms with van der Waals surface area (Å²) in [5.41, 5.74) is 2.24. The van der Waals surface area contributed by atoms with Crippen molar-refractivity contribution in [3.8, 4) is 17.1 Å². The van der Waals surface area contributed by atoms with Gasteiger partial charge in [-0.25, -0.2) is 9.97 Å². The van der Waals surface area contributed by atoms with Crippen LogP contribution in [0.1, 0.15) is 12.5 Å². The molecule has 1 aromatic heterocycles. The Kier molecular flexibility index (Phi) is 4.47. The number of hydrogen-bond donors (Lipinski definition) is 1. The highest BCUT2D eigenvalue weighted by molar-refractivity contribution is 5.55. The fraction of sp³-hybridized carbons (Fsp3) is 0.333. The van der Waals surface area contributed by atoms with Crippen molar-refractivity contribution in [2.45, 2.75) is 19.9 Å². The first kappa shape index (κ1) is 13.5. The molecule has 0 aliphatic carbocycles. The van der Waals surface area contributed by atoms with Gasteiger partial charge in [0.15, 0.2) is 11.6 Å². The first-order valence-electron chi connectivity index (χ1n) is 6.38. The molecule has 1 unspecified atom stereocenters. The van der Waals surface area contributed by atoms with Crippen molar-refractivity contribution in [2.24, 2.45) is 0 Å². The van der Waals surface area contributed by atoms with E-state index in [4.69, 9.17) is 4.74 Å². The predicted molar refractivity (Wildman–Crippen MR) is 76.2 cm³/mol. The molecule has 1 heterocycles. The van der Waals surface area contributed by atoms with Gasteiger partial charge >= 0.3 is 0 Å². The van der Waals surface area contributed by atoms with Crippen LogP contribution >= 0.6 is 0 Å². The molecule has 4 nitrogen and oxygen atoms in total. The lowest BCUT2D eigenvalue weighted by Gasteiger charge is -2.11. The number of likely N-dealkylation sites (N-methyl/N-ethyl adjacent to an activating group) is 1. The van der Waals surface area contributed by atoms with Gasteiger partial charge in [-0.3, -0.25) is 0 Å². The first-order chi connectivity index (χ1) is 9.19. The van der Waals surface area contributed by atoms with Gasteiger partial charge in [-0.1, -0.05) is 29.8 Å². The molecule has 0 radical (unpaired) electrons. The fourth-order valence-electron chi connectivity index (χ4n) is 1.55. The van der Waals surface area contributed by atoms with Crippen molar-refractivity contribution in [3.63, 3.8) is 0 Å². The maximum atomic E-state index is 5.58. The number of ether oxygens (including phenoxy) is 1. The van der Waals surface area contributed by atoms with Crippen LogP contribution in [0.3, 0.4) is 0 Å². The van der Waals surface area contributed by atoms with Crippen LogP contribution in [0.4, 0.5) is 0 Å². The second kappa shape index (κ2) is 6.29. The predicted octanol–water partition coefficient (Wildman–Crippen LogP) is 2.44. The molecule has 0 aliphatic rings. The van der Waals surface area contributed by atoms with Gasteiger partial charge in [0.05, 0.1) is 12.4 Å². The molecule has 0 saturated carbocycles. The van der Waals surface area contributed by atoms with E-state index >= 15 is 0 Å². The summed E-state index contributed by atoms with van der Waals surface area (Å²) in [7, 11) is 1.91. The van der Waals surface area contributed by atoms with Gasteiger partial charge in [-0.05, 0) is 20.9 Å². The topological polar surface area (TPSA) is 47.0 Å². The second-order valence-electron chi connectivity index (χ2n) is 4.61. The van der Waals surface area contributed by atoms with E-state index in [1.165, 1.54) is 5.56 Å². The molecule has 100 valence electrons. The molecule has 1 atom stereocenters. The van der Waals surface area contributed by atoms with Crippen molar-refractivity contribution < 1.29 is 4.74 Å². The highest BCUT2D eigenvalue weighted by Gasteiger charge is 2.03. The molecule has 0 aliphatic heterocycles. The number of nitrogens with one attached hydrogen (secondary N) is 1. The Hall–Kier alpha value is -1.94. The zero-order valence-corrected chi connectivity index (χ0v) is 11.6. The first-order valence-corrected chi connectivity index (χ1v) is 6.38. The largest absolute Gasteiger partial charge is 0.489 e. The molecular formula is C15H19N3O. The molecule has 0 amide bonds. The Balaban J connectivity index is 2.04. The molecule has 0 fully saturated rings. The summed E-state index contributed by atoms with van der Waals surface area (Å²) < 4.78 is 5.58. The average molecular weight is 257 g/mol. The Bertz CT molecular complexity index is 508. The van der Waals surface area contributed by atoms with Crippen LogP contribution in [-0.4, -0.2) is 29.7 Å². The third-order valence-electron chi connectivity index (χ3n) is 2.93. The minimum Gasteiger partial charge on any atom is -0.489 e. The molecule has 0 spiro atoms. The lowest BCUT2D eigenvalue weighted by Crippen LogP contribution is -2.28. The van der Waals surface area contributed by atoms with E-state index in [0.29, 0.717) is 24.2 Å². The molecule has 0 saturated heterocycles. The third-order valence-corrected chi connectivity index (χ3v) is 2.93. The van der Waals surface area contributed by atoms with E-state index in [9.17, 15) is 0 Å². The number of aromatic nitrogens is 2. The Labute approximate surface area is 113 Å². The Morgan fingerprint density at radius 2 is 1.79 bits per heavy atom. The summed E-state index contributed by atoms with van der Waals surface area (Å²) in [5.74, 6) is 1.41. The molecule has 2 rings (SSSR count). The monoisotopic (exact) mass is 257 g/mol. The van der Waals surface area contributed by atoms with Gasteiger partial charge in [0.1, 0.15) is 6.61 Å². The number of aryl methyl sites for hydroxylation is 1. The molecular weight excluding hydrogens is 238 g/mol. The van der Waals surface area contributed by atoms with Crippen LogP contribution < -0.4 is 10.1 Å². The second-order valence-corrected chi connectivity index (χ2v) is 4.61. The number of benzene rings is 1. The van der Waals surface area contributed by atoms with E-state index in [1.807, 2.05) is 19.2 Å². The van der Waals surface area contributed by atoms with Crippen molar-refractivity contribution in [2.75, 3.05) is 13.7 Å². The summed E-state index contributed by atoms with van der Waals surface area (Å²) in [6.07, 6.45) is 3.43. The fourth-order valence-corrected chi connectivity index (χ4v) is 1.55. The van der Waals surface area contributed by atoms with Gasteiger partial charge in [-0.15, -0.1) is 0 Å². The quantitative estimate of drug-likeness (QED) is 0.893. The standard InChI is InChI=1S/C15H19N3O/c1-11-4-6-13(7-5-11)15-17-8-14(9-18-15)19-10-12(2)16-3/h4-9,12,16H,10H2,1-3H3. The number of hydrogen-bond acceptors (Lipinski definition) is 4. The zero-order valence-electron chi connectivity index (χ0n) is 11.6. The molecule has 4 heteroatoms. The van der Waals surface area contributed by atoms with E-state index < -0.39 is 0 Å². The highest BCUT2D eigenvalue weighted by atomic mass is 16.5. The Morgan fingerprint density at radius 3 is 2.37 bits per heavy atom. The van der Waals surface area contributed by atoms with Crippen LogP contribution in [-0.2, 0) is 0 Å².